The van der Waals surface area contributed by atoms with Gasteiger partial charge >= 0.3 is 0 Å². The second kappa shape index (κ2) is 6.83. The molecule has 0 saturated carbocycles. The SMILES string of the molecule is CN(CCC1CNCCN1C)Cc1cccnc1. The molecular weight excluding hydrogens is 224 g/mol. The van der Waals surface area contributed by atoms with Crippen LogP contribution >= 0.6 is 0 Å². The summed E-state index contributed by atoms with van der Waals surface area (Å²) in [6.07, 6.45) is 5.00. The Balaban J connectivity index is 1.72. The van der Waals surface area contributed by atoms with Crippen LogP contribution in [0.4, 0.5) is 0 Å². The van der Waals surface area contributed by atoms with E-state index in [-0.39, 0.29) is 0 Å². The van der Waals surface area contributed by atoms with E-state index >= 15 is 0 Å². The van der Waals surface area contributed by atoms with Crippen molar-refractivity contribution in [1.29, 1.82) is 0 Å². The van der Waals surface area contributed by atoms with Gasteiger partial charge in [-0.15, -0.1) is 0 Å². The average Bonchev–Trinajstić information content (AvgIpc) is 2.39. The van der Waals surface area contributed by atoms with Crippen LogP contribution in [0, 0.1) is 0 Å². The number of hydrogen-bond donors (Lipinski definition) is 1. The minimum Gasteiger partial charge on any atom is -0.314 e. The number of aromatic nitrogens is 1. The summed E-state index contributed by atoms with van der Waals surface area (Å²) in [6.45, 7) is 5.52. The highest BCUT2D eigenvalue weighted by Gasteiger charge is 2.18. The number of pyridine rings is 1. The molecule has 0 aromatic carbocycles. The lowest BCUT2D eigenvalue weighted by atomic mass is 10.1. The standard InChI is InChI=1S/C14H24N4/c1-17(12-13-4-3-6-15-10-13)8-5-14-11-16-7-9-18(14)2/h3-4,6,10,14,16H,5,7-9,11-12H2,1-2H3. The number of hydrogen-bond acceptors (Lipinski definition) is 4. The molecule has 1 atom stereocenters. The smallest absolute Gasteiger partial charge is 0.0312 e. The zero-order valence-electron chi connectivity index (χ0n) is 11.5. The molecule has 1 aromatic heterocycles. The average molecular weight is 248 g/mol. The summed E-state index contributed by atoms with van der Waals surface area (Å²) in [5.41, 5.74) is 1.29. The van der Waals surface area contributed by atoms with E-state index in [4.69, 9.17) is 0 Å². The van der Waals surface area contributed by atoms with Gasteiger partial charge in [-0.1, -0.05) is 6.07 Å². The number of nitrogens with zero attached hydrogens (tertiary/aromatic N) is 3. The summed E-state index contributed by atoms with van der Waals surface area (Å²) in [7, 11) is 4.41. The summed E-state index contributed by atoms with van der Waals surface area (Å²) in [5, 5.41) is 3.47. The lowest BCUT2D eigenvalue weighted by Crippen LogP contribution is -2.50. The highest BCUT2D eigenvalue weighted by molar-refractivity contribution is 5.07. The maximum Gasteiger partial charge on any atom is 0.0312 e. The molecule has 1 saturated heterocycles. The third-order valence-corrected chi connectivity index (χ3v) is 3.66. The fourth-order valence-corrected chi connectivity index (χ4v) is 2.44. The molecule has 1 N–H and O–H groups in total. The van der Waals surface area contributed by atoms with Crippen LogP contribution in [0.3, 0.4) is 0 Å². The van der Waals surface area contributed by atoms with Crippen molar-refractivity contribution in [2.45, 2.75) is 19.0 Å². The van der Waals surface area contributed by atoms with Crippen molar-refractivity contribution >= 4 is 0 Å². The number of rotatable bonds is 5. The molecule has 1 fully saturated rings. The lowest BCUT2D eigenvalue weighted by molar-refractivity contribution is 0.171. The van der Waals surface area contributed by atoms with Crippen molar-refractivity contribution in [3.05, 3.63) is 30.1 Å². The Morgan fingerprint density at radius 2 is 2.44 bits per heavy atom. The normalized spacial score (nSPS) is 21.4. The minimum atomic E-state index is 0.676. The molecule has 2 rings (SSSR count). The second-order valence-corrected chi connectivity index (χ2v) is 5.23. The van der Waals surface area contributed by atoms with Gasteiger partial charge in [0.25, 0.3) is 0 Å². The van der Waals surface area contributed by atoms with Crippen LogP contribution in [0.5, 0.6) is 0 Å². The van der Waals surface area contributed by atoms with E-state index in [0.717, 1.165) is 32.7 Å². The predicted molar refractivity (Wildman–Crippen MR) is 74.5 cm³/mol. The number of likely N-dealkylation sites (N-methyl/N-ethyl adjacent to an activating group) is 1. The molecule has 4 nitrogen and oxygen atoms in total. The third-order valence-electron chi connectivity index (χ3n) is 3.66. The van der Waals surface area contributed by atoms with E-state index in [2.05, 4.69) is 40.3 Å². The van der Waals surface area contributed by atoms with Crippen LogP contribution in [0.25, 0.3) is 0 Å². The van der Waals surface area contributed by atoms with Crippen molar-refractivity contribution in [3.63, 3.8) is 0 Å². The Labute approximate surface area is 110 Å². The molecule has 0 amide bonds. The first kappa shape index (κ1) is 13.5. The largest absolute Gasteiger partial charge is 0.314 e. The third kappa shape index (κ3) is 4.05. The predicted octanol–water partition coefficient (Wildman–Crippen LogP) is 0.807. The van der Waals surface area contributed by atoms with Gasteiger partial charge in [-0.05, 0) is 38.7 Å². The fourth-order valence-electron chi connectivity index (χ4n) is 2.44. The van der Waals surface area contributed by atoms with Gasteiger partial charge in [0.05, 0.1) is 0 Å². The highest BCUT2D eigenvalue weighted by atomic mass is 15.2. The molecule has 1 aromatic rings. The Morgan fingerprint density at radius 1 is 1.56 bits per heavy atom. The molecule has 100 valence electrons. The molecule has 0 spiro atoms. The first-order valence-electron chi connectivity index (χ1n) is 6.74. The first-order valence-corrected chi connectivity index (χ1v) is 6.74. The van der Waals surface area contributed by atoms with Crippen LogP contribution in [-0.2, 0) is 6.54 Å². The van der Waals surface area contributed by atoms with Crippen molar-refractivity contribution in [2.75, 3.05) is 40.3 Å². The van der Waals surface area contributed by atoms with Crippen molar-refractivity contribution < 1.29 is 0 Å². The summed E-state index contributed by atoms with van der Waals surface area (Å²) in [5.74, 6) is 0. The zero-order chi connectivity index (χ0) is 12.8. The van der Waals surface area contributed by atoms with Crippen LogP contribution < -0.4 is 5.32 Å². The Bertz CT molecular complexity index is 341. The highest BCUT2D eigenvalue weighted by Crippen LogP contribution is 2.07. The molecule has 4 heteroatoms. The summed E-state index contributed by atoms with van der Waals surface area (Å²) < 4.78 is 0. The van der Waals surface area contributed by atoms with Crippen molar-refractivity contribution in [2.24, 2.45) is 0 Å². The summed E-state index contributed by atoms with van der Waals surface area (Å²) >= 11 is 0. The molecule has 2 heterocycles. The van der Waals surface area contributed by atoms with Crippen LogP contribution in [-0.4, -0.2) is 61.1 Å². The van der Waals surface area contributed by atoms with E-state index in [0.29, 0.717) is 6.04 Å². The van der Waals surface area contributed by atoms with E-state index in [1.807, 2.05) is 18.5 Å². The summed E-state index contributed by atoms with van der Waals surface area (Å²) in [4.78, 5) is 9.00. The Kier molecular flexibility index (Phi) is 5.11. The van der Waals surface area contributed by atoms with Gasteiger partial charge in [-0.2, -0.15) is 0 Å². The fraction of sp³-hybridized carbons (Fsp3) is 0.643. The topological polar surface area (TPSA) is 31.4 Å². The first-order chi connectivity index (χ1) is 8.75. The quantitative estimate of drug-likeness (QED) is 0.835. The molecule has 0 radical (unpaired) electrons. The van der Waals surface area contributed by atoms with E-state index in [9.17, 15) is 0 Å². The molecule has 1 aliphatic heterocycles. The second-order valence-electron chi connectivity index (χ2n) is 5.23. The summed E-state index contributed by atoms with van der Waals surface area (Å²) in [6, 6.07) is 4.81. The van der Waals surface area contributed by atoms with Crippen molar-refractivity contribution in [3.8, 4) is 0 Å². The Morgan fingerprint density at radius 3 is 3.17 bits per heavy atom. The van der Waals surface area contributed by atoms with Gasteiger partial charge in [0.15, 0.2) is 0 Å². The molecule has 1 aliphatic rings. The van der Waals surface area contributed by atoms with E-state index < -0.39 is 0 Å². The van der Waals surface area contributed by atoms with Gasteiger partial charge < -0.3 is 15.1 Å². The number of nitrogens with one attached hydrogen (secondary N) is 1. The van der Waals surface area contributed by atoms with Crippen molar-refractivity contribution in [1.82, 2.24) is 20.1 Å². The number of piperazine rings is 1. The van der Waals surface area contributed by atoms with E-state index in [1.54, 1.807) is 0 Å². The molecular formula is C14H24N4. The van der Waals surface area contributed by atoms with Crippen LogP contribution in [0.2, 0.25) is 0 Å². The van der Waals surface area contributed by atoms with E-state index in [1.165, 1.54) is 12.0 Å². The van der Waals surface area contributed by atoms with Gasteiger partial charge in [-0.25, -0.2) is 0 Å². The van der Waals surface area contributed by atoms with Gasteiger partial charge in [0.1, 0.15) is 0 Å². The minimum absolute atomic E-state index is 0.676. The maximum atomic E-state index is 4.15. The van der Waals surface area contributed by atoms with Crippen LogP contribution in [0.15, 0.2) is 24.5 Å². The molecule has 0 bridgehead atoms. The zero-order valence-corrected chi connectivity index (χ0v) is 11.5. The lowest BCUT2D eigenvalue weighted by Gasteiger charge is -2.34. The Hall–Kier alpha value is -0.970. The monoisotopic (exact) mass is 248 g/mol. The molecule has 1 unspecified atom stereocenters. The van der Waals surface area contributed by atoms with Gasteiger partial charge in [-0.3, -0.25) is 4.98 Å². The molecule has 18 heavy (non-hydrogen) atoms. The van der Waals surface area contributed by atoms with Gasteiger partial charge in [0, 0.05) is 44.6 Å². The van der Waals surface area contributed by atoms with Gasteiger partial charge in [0.2, 0.25) is 0 Å². The van der Waals surface area contributed by atoms with Crippen LogP contribution in [0.1, 0.15) is 12.0 Å². The maximum absolute atomic E-state index is 4.15. The molecule has 0 aliphatic carbocycles.